The summed E-state index contributed by atoms with van der Waals surface area (Å²) in [6, 6.07) is 8.79. The lowest BCUT2D eigenvalue weighted by atomic mass is 10.1. The maximum Gasteiger partial charge on any atom is 0.251 e. The smallest absolute Gasteiger partial charge is 0.251 e. The van der Waals surface area contributed by atoms with Crippen molar-refractivity contribution in [2.45, 2.75) is 19.9 Å². The molecule has 0 aliphatic carbocycles. The first-order chi connectivity index (χ1) is 10.2. The number of anilines is 1. The fourth-order valence-corrected chi connectivity index (χ4v) is 1.82. The Morgan fingerprint density at radius 1 is 1.29 bits per heavy atom. The van der Waals surface area contributed by atoms with Gasteiger partial charge in [-0.25, -0.2) is 0 Å². The van der Waals surface area contributed by atoms with Crippen LogP contribution >= 0.6 is 0 Å². The SMILES string of the molecule is CCCOc1ccc(C(=O)NCc2ccncc2)cc1N. The highest BCUT2D eigenvalue weighted by Gasteiger charge is 2.08. The molecule has 2 aromatic rings. The average Bonchev–Trinajstić information content (AvgIpc) is 2.52. The predicted octanol–water partition coefficient (Wildman–Crippen LogP) is 2.38. The van der Waals surface area contributed by atoms with Crippen molar-refractivity contribution in [2.24, 2.45) is 0 Å². The first-order valence-electron chi connectivity index (χ1n) is 6.90. The average molecular weight is 285 g/mol. The molecule has 0 fully saturated rings. The van der Waals surface area contributed by atoms with E-state index in [9.17, 15) is 4.79 Å². The van der Waals surface area contributed by atoms with Gasteiger partial charge >= 0.3 is 0 Å². The van der Waals surface area contributed by atoms with E-state index < -0.39 is 0 Å². The molecule has 0 aliphatic rings. The van der Waals surface area contributed by atoms with Crippen molar-refractivity contribution < 1.29 is 9.53 Å². The van der Waals surface area contributed by atoms with E-state index in [-0.39, 0.29) is 5.91 Å². The molecule has 0 aliphatic heterocycles. The molecular formula is C16H19N3O2. The molecule has 1 amide bonds. The molecule has 21 heavy (non-hydrogen) atoms. The highest BCUT2D eigenvalue weighted by molar-refractivity contribution is 5.95. The van der Waals surface area contributed by atoms with E-state index in [4.69, 9.17) is 10.5 Å². The summed E-state index contributed by atoms with van der Waals surface area (Å²) in [5.74, 6) is 0.447. The quantitative estimate of drug-likeness (QED) is 0.799. The number of aromatic nitrogens is 1. The van der Waals surface area contributed by atoms with Gasteiger partial charge in [-0.15, -0.1) is 0 Å². The number of benzene rings is 1. The summed E-state index contributed by atoms with van der Waals surface area (Å²) in [6.45, 7) is 3.09. The van der Waals surface area contributed by atoms with Gasteiger partial charge in [-0.3, -0.25) is 9.78 Å². The van der Waals surface area contributed by atoms with Crippen molar-refractivity contribution in [3.05, 3.63) is 53.9 Å². The minimum atomic E-state index is -0.166. The highest BCUT2D eigenvalue weighted by Crippen LogP contribution is 2.22. The van der Waals surface area contributed by atoms with Crippen LogP contribution < -0.4 is 15.8 Å². The monoisotopic (exact) mass is 285 g/mol. The Hall–Kier alpha value is -2.56. The van der Waals surface area contributed by atoms with E-state index in [2.05, 4.69) is 10.3 Å². The van der Waals surface area contributed by atoms with Crippen molar-refractivity contribution >= 4 is 11.6 Å². The number of nitrogen functional groups attached to an aromatic ring is 1. The fourth-order valence-electron chi connectivity index (χ4n) is 1.82. The third-order valence-electron chi connectivity index (χ3n) is 2.94. The summed E-state index contributed by atoms with van der Waals surface area (Å²) in [5.41, 5.74) is 7.88. The summed E-state index contributed by atoms with van der Waals surface area (Å²) in [4.78, 5) is 16.0. The number of rotatable bonds is 6. The van der Waals surface area contributed by atoms with Gasteiger partial charge in [0.05, 0.1) is 12.3 Å². The molecule has 0 atom stereocenters. The minimum Gasteiger partial charge on any atom is -0.491 e. The van der Waals surface area contributed by atoms with Gasteiger partial charge in [-0.2, -0.15) is 0 Å². The highest BCUT2D eigenvalue weighted by atomic mass is 16.5. The number of amides is 1. The molecule has 0 radical (unpaired) electrons. The van der Waals surface area contributed by atoms with E-state index in [0.29, 0.717) is 30.2 Å². The van der Waals surface area contributed by atoms with E-state index in [1.54, 1.807) is 30.6 Å². The molecule has 0 saturated carbocycles. The normalized spacial score (nSPS) is 10.1. The maximum absolute atomic E-state index is 12.1. The number of hydrogen-bond donors (Lipinski definition) is 2. The third kappa shape index (κ3) is 4.21. The third-order valence-corrected chi connectivity index (χ3v) is 2.94. The van der Waals surface area contributed by atoms with Gasteiger partial charge < -0.3 is 15.8 Å². The summed E-state index contributed by atoms with van der Waals surface area (Å²) in [7, 11) is 0. The Balaban J connectivity index is 1.98. The van der Waals surface area contributed by atoms with Crippen LogP contribution in [-0.2, 0) is 6.54 Å². The number of pyridine rings is 1. The molecule has 2 rings (SSSR count). The van der Waals surface area contributed by atoms with Crippen LogP contribution in [0.15, 0.2) is 42.7 Å². The van der Waals surface area contributed by atoms with Crippen LogP contribution in [0.5, 0.6) is 5.75 Å². The Morgan fingerprint density at radius 3 is 2.71 bits per heavy atom. The lowest BCUT2D eigenvalue weighted by Gasteiger charge is -2.10. The van der Waals surface area contributed by atoms with Crippen LogP contribution in [0.25, 0.3) is 0 Å². The second kappa shape index (κ2) is 7.28. The van der Waals surface area contributed by atoms with Crippen molar-refractivity contribution in [1.29, 1.82) is 0 Å². The zero-order valence-electron chi connectivity index (χ0n) is 12.0. The van der Waals surface area contributed by atoms with Gasteiger partial charge in [0, 0.05) is 24.5 Å². The maximum atomic E-state index is 12.1. The van der Waals surface area contributed by atoms with Crippen LogP contribution in [0.1, 0.15) is 29.3 Å². The number of nitrogens with one attached hydrogen (secondary N) is 1. The molecule has 0 bridgehead atoms. The largest absolute Gasteiger partial charge is 0.491 e. The number of carbonyl (C=O) groups excluding carboxylic acids is 1. The van der Waals surface area contributed by atoms with Crippen LogP contribution in [0.3, 0.4) is 0 Å². The summed E-state index contributed by atoms with van der Waals surface area (Å²) in [6.07, 6.45) is 4.30. The second-order valence-electron chi connectivity index (χ2n) is 4.64. The lowest BCUT2D eigenvalue weighted by Crippen LogP contribution is -2.22. The number of hydrogen-bond acceptors (Lipinski definition) is 4. The molecule has 3 N–H and O–H groups in total. The molecule has 5 nitrogen and oxygen atoms in total. The molecule has 1 aromatic heterocycles. The molecule has 1 heterocycles. The standard InChI is InChI=1S/C16H19N3O2/c1-2-9-21-15-4-3-13(10-14(15)17)16(20)19-11-12-5-7-18-8-6-12/h3-8,10H,2,9,11,17H2,1H3,(H,19,20). The van der Waals surface area contributed by atoms with Gasteiger partial charge in [-0.1, -0.05) is 6.92 Å². The van der Waals surface area contributed by atoms with Gasteiger partial charge in [0.25, 0.3) is 5.91 Å². The summed E-state index contributed by atoms with van der Waals surface area (Å²) < 4.78 is 5.49. The van der Waals surface area contributed by atoms with Crippen LogP contribution in [0.4, 0.5) is 5.69 Å². The van der Waals surface area contributed by atoms with Crippen LogP contribution in [0, 0.1) is 0 Å². The van der Waals surface area contributed by atoms with Crippen LogP contribution in [0.2, 0.25) is 0 Å². The molecule has 0 spiro atoms. The number of nitrogens with zero attached hydrogens (tertiary/aromatic N) is 1. The minimum absolute atomic E-state index is 0.166. The lowest BCUT2D eigenvalue weighted by molar-refractivity contribution is 0.0951. The van der Waals surface area contributed by atoms with Gasteiger partial charge in [0.15, 0.2) is 0 Å². The van der Waals surface area contributed by atoms with E-state index >= 15 is 0 Å². The van der Waals surface area contributed by atoms with Gasteiger partial charge in [0.1, 0.15) is 5.75 Å². The van der Waals surface area contributed by atoms with Crippen molar-refractivity contribution in [2.75, 3.05) is 12.3 Å². The van der Waals surface area contributed by atoms with E-state index in [0.717, 1.165) is 12.0 Å². The van der Waals surface area contributed by atoms with Crippen molar-refractivity contribution in [3.63, 3.8) is 0 Å². The van der Waals surface area contributed by atoms with Gasteiger partial charge in [0.2, 0.25) is 0 Å². The zero-order chi connectivity index (χ0) is 15.1. The molecule has 110 valence electrons. The fraction of sp³-hybridized carbons (Fsp3) is 0.250. The van der Waals surface area contributed by atoms with Crippen LogP contribution in [-0.4, -0.2) is 17.5 Å². The van der Waals surface area contributed by atoms with Crippen molar-refractivity contribution in [1.82, 2.24) is 10.3 Å². The summed E-state index contributed by atoms with van der Waals surface area (Å²) >= 11 is 0. The Bertz CT molecular complexity index is 600. The zero-order valence-corrected chi connectivity index (χ0v) is 12.0. The molecular weight excluding hydrogens is 266 g/mol. The summed E-state index contributed by atoms with van der Waals surface area (Å²) in [5, 5.41) is 2.84. The topological polar surface area (TPSA) is 77.2 Å². The first kappa shape index (κ1) is 14.8. The van der Waals surface area contributed by atoms with Crippen molar-refractivity contribution in [3.8, 4) is 5.75 Å². The molecule has 1 aromatic carbocycles. The number of carbonyl (C=O) groups is 1. The Kier molecular flexibility index (Phi) is 5.15. The Morgan fingerprint density at radius 2 is 2.05 bits per heavy atom. The Labute approximate surface area is 124 Å². The molecule has 0 saturated heterocycles. The number of ether oxygens (including phenoxy) is 1. The van der Waals surface area contributed by atoms with E-state index in [1.807, 2.05) is 19.1 Å². The van der Waals surface area contributed by atoms with E-state index in [1.165, 1.54) is 0 Å². The first-order valence-corrected chi connectivity index (χ1v) is 6.90. The second-order valence-corrected chi connectivity index (χ2v) is 4.64. The molecule has 5 heteroatoms. The predicted molar refractivity (Wildman–Crippen MR) is 82.0 cm³/mol. The molecule has 0 unspecified atom stereocenters. The van der Waals surface area contributed by atoms with Gasteiger partial charge in [-0.05, 0) is 42.3 Å². The number of nitrogens with two attached hydrogens (primary N) is 1.